The van der Waals surface area contributed by atoms with Crippen molar-refractivity contribution < 1.29 is 9.90 Å². The molecule has 0 fully saturated rings. The molecule has 1 heterocycles. The van der Waals surface area contributed by atoms with Crippen molar-refractivity contribution in [1.82, 2.24) is 4.98 Å². The first-order valence-electron chi connectivity index (χ1n) is 4.85. The van der Waals surface area contributed by atoms with Crippen molar-refractivity contribution in [3.8, 4) is 0 Å². The number of aliphatic carboxylic acids is 1. The van der Waals surface area contributed by atoms with Gasteiger partial charge in [-0.25, -0.2) is 0 Å². The zero-order chi connectivity index (χ0) is 11.3. The second-order valence-corrected chi connectivity index (χ2v) is 3.75. The predicted molar refractivity (Wildman–Crippen MR) is 58.5 cm³/mol. The molecule has 0 saturated carbocycles. The fourth-order valence-electron chi connectivity index (χ4n) is 1.23. The second kappa shape index (κ2) is 4.73. The van der Waals surface area contributed by atoms with Gasteiger partial charge in [-0.1, -0.05) is 12.1 Å². The Morgan fingerprint density at radius 3 is 2.87 bits per heavy atom. The van der Waals surface area contributed by atoms with E-state index in [4.69, 9.17) is 5.11 Å². The molecule has 1 aromatic rings. The number of hydrogen-bond donors (Lipinski definition) is 1. The third kappa shape index (κ3) is 2.91. The van der Waals surface area contributed by atoms with Gasteiger partial charge in [-0.15, -0.1) is 6.58 Å². The molecule has 1 aromatic heterocycles. The number of nitrogens with zero attached hydrogens (tertiary/aromatic N) is 1. The molecule has 3 heteroatoms. The van der Waals surface area contributed by atoms with E-state index in [9.17, 15) is 4.79 Å². The van der Waals surface area contributed by atoms with Gasteiger partial charge in [0.2, 0.25) is 0 Å². The average Bonchev–Trinajstić information content (AvgIpc) is 2.27. The molecule has 0 saturated heterocycles. The monoisotopic (exact) mass is 205 g/mol. The van der Waals surface area contributed by atoms with Crippen LogP contribution in [0.25, 0.3) is 0 Å². The van der Waals surface area contributed by atoms with Crippen LogP contribution in [0.2, 0.25) is 0 Å². The van der Waals surface area contributed by atoms with Gasteiger partial charge in [0.05, 0.1) is 5.41 Å². The smallest absolute Gasteiger partial charge is 0.313 e. The average molecular weight is 205 g/mol. The largest absolute Gasteiger partial charge is 0.481 e. The van der Waals surface area contributed by atoms with E-state index in [1.54, 1.807) is 13.1 Å². The topological polar surface area (TPSA) is 50.2 Å². The molecule has 0 aliphatic carbocycles. The van der Waals surface area contributed by atoms with E-state index in [1.165, 1.54) is 6.08 Å². The Labute approximate surface area is 89.5 Å². The Bertz CT molecular complexity index is 348. The highest BCUT2D eigenvalue weighted by Gasteiger charge is 2.28. The lowest BCUT2D eigenvalue weighted by Crippen LogP contribution is -2.25. The van der Waals surface area contributed by atoms with Crippen molar-refractivity contribution in [2.24, 2.45) is 5.41 Å². The predicted octanol–water partition coefficient (Wildman–Crippen LogP) is 2.29. The Balaban J connectivity index is 2.63. The summed E-state index contributed by atoms with van der Waals surface area (Å²) in [4.78, 5) is 15.1. The third-order valence-electron chi connectivity index (χ3n) is 2.57. The van der Waals surface area contributed by atoms with Crippen LogP contribution in [-0.4, -0.2) is 16.1 Å². The van der Waals surface area contributed by atoms with Gasteiger partial charge in [0.25, 0.3) is 0 Å². The van der Waals surface area contributed by atoms with Gasteiger partial charge in [-0.05, 0) is 31.9 Å². The highest BCUT2D eigenvalue weighted by molar-refractivity contribution is 5.76. The second-order valence-electron chi connectivity index (χ2n) is 3.75. The summed E-state index contributed by atoms with van der Waals surface area (Å²) in [7, 11) is 0. The molecular formula is C12H15NO2. The number of carbonyl (C=O) groups is 1. The van der Waals surface area contributed by atoms with Gasteiger partial charge in [-0.3, -0.25) is 9.78 Å². The summed E-state index contributed by atoms with van der Waals surface area (Å²) in [5, 5.41) is 9.02. The summed E-state index contributed by atoms with van der Waals surface area (Å²) >= 11 is 0. The zero-order valence-electron chi connectivity index (χ0n) is 8.81. The molecule has 0 radical (unpaired) electrons. The number of carboxylic acids is 1. The summed E-state index contributed by atoms with van der Waals surface area (Å²) in [5.41, 5.74) is 0.0455. The number of aromatic nitrogens is 1. The molecule has 1 unspecified atom stereocenters. The number of aryl methyl sites for hydroxylation is 1. The lowest BCUT2D eigenvalue weighted by atomic mass is 9.85. The molecule has 3 nitrogen and oxygen atoms in total. The minimum absolute atomic E-state index is 0.517. The van der Waals surface area contributed by atoms with Crippen molar-refractivity contribution in [2.75, 3.05) is 0 Å². The molecule has 80 valence electrons. The molecule has 0 aliphatic heterocycles. The van der Waals surface area contributed by atoms with E-state index in [-0.39, 0.29) is 0 Å². The first kappa shape index (κ1) is 11.4. The van der Waals surface area contributed by atoms with Gasteiger partial charge < -0.3 is 5.11 Å². The van der Waals surface area contributed by atoms with Crippen molar-refractivity contribution in [1.29, 1.82) is 0 Å². The minimum Gasteiger partial charge on any atom is -0.481 e. The van der Waals surface area contributed by atoms with Gasteiger partial charge in [0.15, 0.2) is 0 Å². The third-order valence-corrected chi connectivity index (χ3v) is 2.57. The molecule has 1 rings (SSSR count). The molecular weight excluding hydrogens is 190 g/mol. The van der Waals surface area contributed by atoms with Crippen LogP contribution in [0.4, 0.5) is 0 Å². The molecule has 0 bridgehead atoms. The Kier molecular flexibility index (Phi) is 3.61. The molecule has 0 spiro atoms. The van der Waals surface area contributed by atoms with Crippen LogP contribution in [0.5, 0.6) is 0 Å². The molecule has 1 atom stereocenters. The standard InChI is InChI=1S/C12H15NO2/c1-3-12(2,11(14)15)8-7-10-6-4-5-9-13-10/h3-6,9H,1,7-8H2,2H3,(H,14,15). The van der Waals surface area contributed by atoms with Gasteiger partial charge in [0, 0.05) is 11.9 Å². The molecule has 0 aliphatic rings. The lowest BCUT2D eigenvalue weighted by molar-refractivity contribution is -0.145. The van der Waals surface area contributed by atoms with Gasteiger partial charge >= 0.3 is 5.97 Å². The maximum absolute atomic E-state index is 11.0. The van der Waals surface area contributed by atoms with Crippen molar-refractivity contribution >= 4 is 5.97 Å². The van der Waals surface area contributed by atoms with Crippen LogP contribution >= 0.6 is 0 Å². The number of hydrogen-bond acceptors (Lipinski definition) is 2. The van der Waals surface area contributed by atoms with E-state index in [0.29, 0.717) is 12.8 Å². The van der Waals surface area contributed by atoms with E-state index in [2.05, 4.69) is 11.6 Å². The number of rotatable bonds is 5. The Morgan fingerprint density at radius 1 is 1.67 bits per heavy atom. The fourth-order valence-corrected chi connectivity index (χ4v) is 1.23. The SMILES string of the molecule is C=CC(C)(CCc1ccccn1)C(=O)O. The number of carboxylic acid groups (broad SMARTS) is 1. The van der Waals surface area contributed by atoms with E-state index >= 15 is 0 Å². The van der Waals surface area contributed by atoms with Gasteiger partial charge in [0.1, 0.15) is 0 Å². The van der Waals surface area contributed by atoms with Crippen molar-refractivity contribution in [2.45, 2.75) is 19.8 Å². The quantitative estimate of drug-likeness (QED) is 0.750. The minimum atomic E-state index is -0.864. The molecule has 1 N–H and O–H groups in total. The molecule has 0 aromatic carbocycles. The Morgan fingerprint density at radius 2 is 2.40 bits per heavy atom. The normalized spacial score (nSPS) is 14.2. The molecule has 15 heavy (non-hydrogen) atoms. The van der Waals surface area contributed by atoms with Crippen LogP contribution in [0.15, 0.2) is 37.1 Å². The maximum atomic E-state index is 11.0. The van der Waals surface area contributed by atoms with Gasteiger partial charge in [-0.2, -0.15) is 0 Å². The van der Waals surface area contributed by atoms with Crippen molar-refractivity contribution in [3.63, 3.8) is 0 Å². The first-order valence-corrected chi connectivity index (χ1v) is 4.85. The van der Waals surface area contributed by atoms with Crippen molar-refractivity contribution in [3.05, 3.63) is 42.7 Å². The van der Waals surface area contributed by atoms with E-state index in [1.807, 2.05) is 18.2 Å². The summed E-state index contributed by atoms with van der Waals surface area (Å²) in [5.74, 6) is -0.839. The summed E-state index contributed by atoms with van der Waals surface area (Å²) in [6.45, 7) is 5.24. The van der Waals surface area contributed by atoms with Crippen LogP contribution in [0.3, 0.4) is 0 Å². The highest BCUT2D eigenvalue weighted by atomic mass is 16.4. The summed E-state index contributed by atoms with van der Waals surface area (Å²) in [6.07, 6.45) is 4.36. The van der Waals surface area contributed by atoms with E-state index in [0.717, 1.165) is 5.69 Å². The van der Waals surface area contributed by atoms with Crippen LogP contribution < -0.4 is 0 Å². The highest BCUT2D eigenvalue weighted by Crippen LogP contribution is 2.24. The lowest BCUT2D eigenvalue weighted by Gasteiger charge is -2.19. The number of pyridine rings is 1. The molecule has 0 amide bonds. The zero-order valence-corrected chi connectivity index (χ0v) is 8.81. The van der Waals surface area contributed by atoms with Crippen LogP contribution in [0, 0.1) is 5.41 Å². The Hall–Kier alpha value is -1.64. The maximum Gasteiger partial charge on any atom is 0.313 e. The van der Waals surface area contributed by atoms with E-state index < -0.39 is 11.4 Å². The van der Waals surface area contributed by atoms with Crippen LogP contribution in [-0.2, 0) is 11.2 Å². The van der Waals surface area contributed by atoms with Crippen LogP contribution in [0.1, 0.15) is 19.0 Å². The first-order chi connectivity index (χ1) is 7.08. The summed E-state index contributed by atoms with van der Waals surface area (Å²) < 4.78 is 0. The summed E-state index contributed by atoms with van der Waals surface area (Å²) in [6, 6.07) is 5.63. The fraction of sp³-hybridized carbons (Fsp3) is 0.333.